The smallest absolute Gasteiger partial charge is 0.158 e. The fourth-order valence-electron chi connectivity index (χ4n) is 2.09. The van der Waals surface area contributed by atoms with E-state index in [9.17, 15) is 5.11 Å². The van der Waals surface area contributed by atoms with E-state index in [0.717, 1.165) is 22.5 Å². The Bertz CT molecular complexity index is 733. The minimum Gasteiger partial charge on any atom is -0.506 e. The van der Waals surface area contributed by atoms with Crippen molar-refractivity contribution in [3.63, 3.8) is 0 Å². The van der Waals surface area contributed by atoms with E-state index in [2.05, 4.69) is 15.1 Å². The molecular formula is C13H12N4O. The number of phenolic OH excluding ortho intramolecular Hbond substituents is 1. The zero-order valence-corrected chi connectivity index (χ0v) is 10.1. The quantitative estimate of drug-likeness (QED) is 0.707. The maximum absolute atomic E-state index is 9.88. The molecule has 1 N–H and O–H groups in total. The van der Waals surface area contributed by atoms with Crippen LogP contribution in [-0.4, -0.2) is 24.9 Å². The molecule has 0 bridgehead atoms. The van der Waals surface area contributed by atoms with Crippen LogP contribution in [0.25, 0.3) is 22.3 Å². The van der Waals surface area contributed by atoms with Crippen LogP contribution in [0.2, 0.25) is 0 Å². The number of hydrogen-bond acceptors (Lipinski definition) is 4. The Balaban J connectivity index is 2.43. The van der Waals surface area contributed by atoms with E-state index in [1.165, 1.54) is 6.33 Å². The third-order valence-corrected chi connectivity index (χ3v) is 2.90. The SMILES string of the molecule is Cc1cc(-c2ncnn2C)c2cccc(O)c2n1. The summed E-state index contributed by atoms with van der Waals surface area (Å²) < 4.78 is 1.71. The highest BCUT2D eigenvalue weighted by molar-refractivity contribution is 5.96. The van der Waals surface area contributed by atoms with Crippen molar-refractivity contribution < 1.29 is 5.11 Å². The topological polar surface area (TPSA) is 63.8 Å². The van der Waals surface area contributed by atoms with Gasteiger partial charge >= 0.3 is 0 Å². The molecule has 18 heavy (non-hydrogen) atoms. The standard InChI is InChI=1S/C13H12N4O/c1-8-6-10(13-14-7-15-17(13)2)9-4-3-5-11(18)12(9)16-8/h3-7,18H,1-2H3. The number of aryl methyl sites for hydroxylation is 2. The van der Waals surface area contributed by atoms with Gasteiger partial charge in [0.05, 0.1) is 0 Å². The molecule has 0 aliphatic carbocycles. The van der Waals surface area contributed by atoms with Gasteiger partial charge in [-0.05, 0) is 19.1 Å². The van der Waals surface area contributed by atoms with Crippen molar-refractivity contribution in [3.8, 4) is 17.1 Å². The van der Waals surface area contributed by atoms with Gasteiger partial charge in [-0.15, -0.1) is 0 Å². The van der Waals surface area contributed by atoms with Gasteiger partial charge in [0, 0.05) is 23.7 Å². The maximum atomic E-state index is 9.88. The van der Waals surface area contributed by atoms with Crippen LogP contribution in [0.1, 0.15) is 5.69 Å². The first kappa shape index (κ1) is 10.7. The summed E-state index contributed by atoms with van der Waals surface area (Å²) in [6.07, 6.45) is 1.51. The van der Waals surface area contributed by atoms with Crippen LogP contribution in [0.4, 0.5) is 0 Å². The van der Waals surface area contributed by atoms with Crippen molar-refractivity contribution in [3.05, 3.63) is 36.3 Å². The maximum Gasteiger partial charge on any atom is 0.158 e. The van der Waals surface area contributed by atoms with Gasteiger partial charge < -0.3 is 5.11 Å². The van der Waals surface area contributed by atoms with Crippen molar-refractivity contribution in [1.29, 1.82) is 0 Å². The largest absolute Gasteiger partial charge is 0.506 e. The van der Waals surface area contributed by atoms with Crippen LogP contribution in [0, 0.1) is 6.92 Å². The summed E-state index contributed by atoms with van der Waals surface area (Å²) in [5.41, 5.74) is 2.35. The molecule has 0 amide bonds. The van der Waals surface area contributed by atoms with E-state index in [1.807, 2.05) is 26.1 Å². The van der Waals surface area contributed by atoms with Crippen LogP contribution in [0.3, 0.4) is 0 Å². The minimum absolute atomic E-state index is 0.180. The normalized spacial score (nSPS) is 11.0. The van der Waals surface area contributed by atoms with Gasteiger partial charge in [0.1, 0.15) is 17.6 Å². The zero-order valence-electron chi connectivity index (χ0n) is 10.1. The summed E-state index contributed by atoms with van der Waals surface area (Å²) in [4.78, 5) is 8.62. The van der Waals surface area contributed by atoms with Crippen LogP contribution in [0.15, 0.2) is 30.6 Å². The first-order chi connectivity index (χ1) is 8.66. The third-order valence-electron chi connectivity index (χ3n) is 2.90. The minimum atomic E-state index is 0.180. The monoisotopic (exact) mass is 240 g/mol. The molecular weight excluding hydrogens is 228 g/mol. The van der Waals surface area contributed by atoms with Crippen LogP contribution in [0.5, 0.6) is 5.75 Å². The first-order valence-electron chi connectivity index (χ1n) is 5.60. The molecule has 0 unspecified atom stereocenters. The fraction of sp³-hybridized carbons (Fsp3) is 0.154. The molecule has 0 saturated heterocycles. The summed E-state index contributed by atoms with van der Waals surface area (Å²) in [7, 11) is 1.84. The summed E-state index contributed by atoms with van der Waals surface area (Å²) in [6.45, 7) is 1.89. The summed E-state index contributed by atoms with van der Waals surface area (Å²) in [5, 5.41) is 14.8. The fourth-order valence-corrected chi connectivity index (χ4v) is 2.09. The number of aromatic nitrogens is 4. The highest BCUT2D eigenvalue weighted by atomic mass is 16.3. The number of fused-ring (bicyclic) bond motifs is 1. The molecule has 0 saturated carbocycles. The highest BCUT2D eigenvalue weighted by Gasteiger charge is 2.12. The van der Waals surface area contributed by atoms with Crippen molar-refractivity contribution in [1.82, 2.24) is 19.7 Å². The second kappa shape index (κ2) is 3.80. The van der Waals surface area contributed by atoms with E-state index in [4.69, 9.17) is 0 Å². The molecule has 3 aromatic rings. The lowest BCUT2D eigenvalue weighted by molar-refractivity contribution is 0.480. The lowest BCUT2D eigenvalue weighted by Crippen LogP contribution is -1.97. The molecule has 0 fully saturated rings. The molecule has 90 valence electrons. The predicted molar refractivity (Wildman–Crippen MR) is 68.1 cm³/mol. The second-order valence-electron chi connectivity index (χ2n) is 4.19. The molecule has 5 heteroatoms. The molecule has 0 spiro atoms. The number of nitrogens with zero attached hydrogens (tertiary/aromatic N) is 4. The lowest BCUT2D eigenvalue weighted by Gasteiger charge is -2.08. The number of pyridine rings is 1. The van der Waals surface area contributed by atoms with Gasteiger partial charge in [0.15, 0.2) is 5.82 Å². The Morgan fingerprint density at radius 3 is 2.83 bits per heavy atom. The molecule has 0 radical (unpaired) electrons. The van der Waals surface area contributed by atoms with Crippen molar-refractivity contribution >= 4 is 10.9 Å². The molecule has 5 nitrogen and oxygen atoms in total. The lowest BCUT2D eigenvalue weighted by atomic mass is 10.1. The van der Waals surface area contributed by atoms with Gasteiger partial charge in [-0.1, -0.05) is 12.1 Å². The van der Waals surface area contributed by atoms with E-state index in [1.54, 1.807) is 16.8 Å². The molecule has 0 aliphatic rings. The van der Waals surface area contributed by atoms with Crippen LogP contribution >= 0.6 is 0 Å². The highest BCUT2D eigenvalue weighted by Crippen LogP contribution is 2.31. The Labute approximate surface area is 104 Å². The zero-order chi connectivity index (χ0) is 12.7. The molecule has 3 rings (SSSR count). The van der Waals surface area contributed by atoms with E-state index in [0.29, 0.717) is 5.52 Å². The Kier molecular flexibility index (Phi) is 2.26. The number of aromatic hydroxyl groups is 1. The number of phenols is 1. The Hall–Kier alpha value is -2.43. The van der Waals surface area contributed by atoms with Crippen molar-refractivity contribution in [2.45, 2.75) is 6.92 Å². The number of benzene rings is 1. The molecule has 2 aromatic heterocycles. The first-order valence-corrected chi connectivity index (χ1v) is 5.60. The molecule has 0 atom stereocenters. The second-order valence-corrected chi connectivity index (χ2v) is 4.19. The number of rotatable bonds is 1. The average molecular weight is 240 g/mol. The van der Waals surface area contributed by atoms with E-state index in [-0.39, 0.29) is 5.75 Å². The summed E-state index contributed by atoms with van der Waals surface area (Å²) in [5.74, 6) is 0.940. The molecule has 0 aliphatic heterocycles. The Morgan fingerprint density at radius 1 is 1.28 bits per heavy atom. The van der Waals surface area contributed by atoms with Gasteiger partial charge in [-0.3, -0.25) is 0 Å². The van der Waals surface area contributed by atoms with Gasteiger partial charge in [0.2, 0.25) is 0 Å². The van der Waals surface area contributed by atoms with Gasteiger partial charge in [0.25, 0.3) is 0 Å². The third kappa shape index (κ3) is 1.52. The van der Waals surface area contributed by atoms with Crippen molar-refractivity contribution in [2.24, 2.45) is 7.05 Å². The summed E-state index contributed by atoms with van der Waals surface area (Å²) >= 11 is 0. The predicted octanol–water partition coefficient (Wildman–Crippen LogP) is 2.04. The summed E-state index contributed by atoms with van der Waals surface area (Å²) in [6, 6.07) is 7.31. The molecule has 1 aromatic carbocycles. The van der Waals surface area contributed by atoms with E-state index < -0.39 is 0 Å². The Morgan fingerprint density at radius 2 is 2.11 bits per heavy atom. The average Bonchev–Trinajstić information content (AvgIpc) is 2.76. The van der Waals surface area contributed by atoms with Gasteiger partial charge in [-0.2, -0.15) is 5.10 Å². The van der Waals surface area contributed by atoms with Crippen LogP contribution in [-0.2, 0) is 7.05 Å². The van der Waals surface area contributed by atoms with Crippen LogP contribution < -0.4 is 0 Å². The molecule has 2 heterocycles. The van der Waals surface area contributed by atoms with E-state index >= 15 is 0 Å². The van der Waals surface area contributed by atoms with Crippen molar-refractivity contribution in [2.75, 3.05) is 0 Å². The van der Waals surface area contributed by atoms with Gasteiger partial charge in [-0.25, -0.2) is 14.6 Å². The number of para-hydroxylation sites is 1. The number of hydrogen-bond donors (Lipinski definition) is 1.